The fraction of sp³-hybridized carbons (Fsp3) is 0.400. The number of halogens is 1. The predicted molar refractivity (Wildman–Crippen MR) is 61.9 cm³/mol. The van der Waals surface area contributed by atoms with Gasteiger partial charge in [-0.25, -0.2) is 8.42 Å². The van der Waals surface area contributed by atoms with E-state index < -0.39 is 9.84 Å². The van der Waals surface area contributed by atoms with Crippen molar-refractivity contribution in [2.24, 2.45) is 5.73 Å². The molecule has 1 aliphatic heterocycles. The van der Waals surface area contributed by atoms with E-state index in [0.717, 1.165) is 12.0 Å². The maximum absolute atomic E-state index is 11.8. The fourth-order valence-corrected chi connectivity index (χ4v) is 3.46. The molecule has 3 nitrogen and oxygen atoms in total. The molecule has 0 aliphatic carbocycles. The van der Waals surface area contributed by atoms with Crippen molar-refractivity contribution in [2.45, 2.75) is 23.8 Å². The maximum Gasteiger partial charge on any atom is 0.178 e. The molecule has 84 valence electrons. The zero-order chi connectivity index (χ0) is 10.2. The van der Waals surface area contributed by atoms with Gasteiger partial charge in [0.25, 0.3) is 0 Å². The van der Waals surface area contributed by atoms with Gasteiger partial charge in [-0.15, -0.1) is 12.4 Å². The number of hydrogen-bond acceptors (Lipinski definition) is 3. The third-order valence-electron chi connectivity index (χ3n) is 2.58. The molecule has 0 radical (unpaired) electrons. The zero-order valence-electron chi connectivity index (χ0n) is 8.22. The highest BCUT2D eigenvalue weighted by Gasteiger charge is 2.24. The van der Waals surface area contributed by atoms with Crippen LogP contribution in [-0.4, -0.2) is 14.2 Å². The average Bonchev–Trinajstić information content (AvgIpc) is 2.27. The van der Waals surface area contributed by atoms with Crippen LogP contribution in [0.4, 0.5) is 0 Å². The van der Waals surface area contributed by atoms with Crippen LogP contribution >= 0.6 is 12.4 Å². The second-order valence-corrected chi connectivity index (χ2v) is 5.68. The Kier molecular flexibility index (Phi) is 3.76. The second kappa shape index (κ2) is 4.51. The van der Waals surface area contributed by atoms with Gasteiger partial charge in [-0.05, 0) is 24.5 Å². The fourth-order valence-electron chi connectivity index (χ4n) is 1.83. The lowest BCUT2D eigenvalue weighted by atomic mass is 10.0. The molecule has 0 amide bonds. The minimum Gasteiger partial charge on any atom is -0.324 e. The van der Waals surface area contributed by atoms with Gasteiger partial charge in [0.15, 0.2) is 9.84 Å². The van der Waals surface area contributed by atoms with E-state index in [-0.39, 0.29) is 24.2 Å². The Morgan fingerprint density at radius 1 is 1.27 bits per heavy atom. The van der Waals surface area contributed by atoms with Crippen LogP contribution in [0.25, 0.3) is 0 Å². The minimum absolute atomic E-state index is 0. The van der Waals surface area contributed by atoms with E-state index in [1.807, 2.05) is 12.1 Å². The van der Waals surface area contributed by atoms with Gasteiger partial charge >= 0.3 is 0 Å². The maximum atomic E-state index is 11.8. The first-order chi connectivity index (χ1) is 6.61. The summed E-state index contributed by atoms with van der Waals surface area (Å²) in [6.07, 6.45) is 1.40. The van der Waals surface area contributed by atoms with Crippen molar-refractivity contribution in [2.75, 3.05) is 5.75 Å². The Bertz CT molecular complexity index is 444. The molecule has 1 aromatic carbocycles. The Hall–Kier alpha value is -0.580. The summed E-state index contributed by atoms with van der Waals surface area (Å²) in [6.45, 7) is 0. The lowest BCUT2D eigenvalue weighted by Crippen LogP contribution is -2.11. The summed E-state index contributed by atoms with van der Waals surface area (Å²) in [5.41, 5.74) is 6.67. The summed E-state index contributed by atoms with van der Waals surface area (Å²) in [7, 11) is -3.09. The third kappa shape index (κ3) is 2.33. The molecule has 2 rings (SSSR count). The van der Waals surface area contributed by atoms with E-state index in [1.165, 1.54) is 0 Å². The minimum atomic E-state index is -3.09. The molecule has 1 unspecified atom stereocenters. The van der Waals surface area contributed by atoms with Crippen LogP contribution in [0.2, 0.25) is 0 Å². The Morgan fingerprint density at radius 2 is 1.93 bits per heavy atom. The first kappa shape index (κ1) is 12.5. The van der Waals surface area contributed by atoms with Crippen LogP contribution in [-0.2, 0) is 9.84 Å². The van der Waals surface area contributed by atoms with E-state index in [2.05, 4.69) is 0 Å². The molecule has 1 aliphatic rings. The van der Waals surface area contributed by atoms with E-state index in [4.69, 9.17) is 5.73 Å². The molecule has 1 atom stereocenters. The summed E-state index contributed by atoms with van der Waals surface area (Å²) in [5, 5.41) is 0. The van der Waals surface area contributed by atoms with Gasteiger partial charge < -0.3 is 5.73 Å². The average molecular weight is 248 g/mol. The van der Waals surface area contributed by atoms with Crippen LogP contribution in [0.3, 0.4) is 0 Å². The van der Waals surface area contributed by atoms with Gasteiger partial charge in [0.2, 0.25) is 0 Å². The van der Waals surface area contributed by atoms with Crippen LogP contribution in [0.5, 0.6) is 0 Å². The molecule has 5 heteroatoms. The van der Waals surface area contributed by atoms with Crippen molar-refractivity contribution in [3.63, 3.8) is 0 Å². The summed E-state index contributed by atoms with van der Waals surface area (Å²) in [6, 6.07) is 6.90. The summed E-state index contributed by atoms with van der Waals surface area (Å²) >= 11 is 0. The third-order valence-corrected chi connectivity index (χ3v) is 4.45. The van der Waals surface area contributed by atoms with Crippen molar-refractivity contribution in [3.8, 4) is 0 Å². The predicted octanol–water partition coefficient (Wildman–Crippen LogP) is 1.68. The van der Waals surface area contributed by atoms with Crippen molar-refractivity contribution < 1.29 is 8.42 Å². The highest BCUT2D eigenvalue weighted by molar-refractivity contribution is 7.91. The van der Waals surface area contributed by atoms with E-state index in [1.54, 1.807) is 12.1 Å². The number of rotatable bonds is 0. The van der Waals surface area contributed by atoms with Crippen LogP contribution < -0.4 is 5.73 Å². The monoisotopic (exact) mass is 247 g/mol. The van der Waals surface area contributed by atoms with Gasteiger partial charge in [-0.1, -0.05) is 18.2 Å². The quantitative estimate of drug-likeness (QED) is 0.759. The number of nitrogens with two attached hydrogens (primary N) is 1. The van der Waals surface area contributed by atoms with Gasteiger partial charge in [0.1, 0.15) is 0 Å². The summed E-state index contributed by atoms with van der Waals surface area (Å²) < 4.78 is 23.6. The van der Waals surface area contributed by atoms with Gasteiger partial charge in [0.05, 0.1) is 10.6 Å². The largest absolute Gasteiger partial charge is 0.324 e. The van der Waals surface area contributed by atoms with Crippen molar-refractivity contribution in [1.29, 1.82) is 0 Å². The number of fused-ring (bicyclic) bond motifs is 1. The highest BCUT2D eigenvalue weighted by Crippen LogP contribution is 2.28. The summed E-state index contributed by atoms with van der Waals surface area (Å²) in [5.74, 6) is 0.220. The zero-order valence-corrected chi connectivity index (χ0v) is 9.85. The molecule has 1 heterocycles. The number of sulfone groups is 1. The number of hydrogen-bond donors (Lipinski definition) is 1. The Balaban J connectivity index is 0.00000112. The topological polar surface area (TPSA) is 60.2 Å². The lowest BCUT2D eigenvalue weighted by Gasteiger charge is -2.10. The smallest absolute Gasteiger partial charge is 0.178 e. The Morgan fingerprint density at radius 3 is 2.67 bits per heavy atom. The normalized spacial score (nSPS) is 23.4. The van der Waals surface area contributed by atoms with Crippen molar-refractivity contribution in [3.05, 3.63) is 29.8 Å². The standard InChI is InChI=1S/C10H13NO2S.ClH/c11-9-5-3-7-14(12,13)10-6-2-1-4-8(9)10;/h1-2,4,6,9H,3,5,7,11H2;1H. The van der Waals surface area contributed by atoms with E-state index in [0.29, 0.717) is 11.3 Å². The molecule has 1 aromatic rings. The van der Waals surface area contributed by atoms with Crippen molar-refractivity contribution in [1.82, 2.24) is 0 Å². The number of benzene rings is 1. The molecule has 0 fully saturated rings. The molecule has 2 N–H and O–H groups in total. The Labute approximate surface area is 96.0 Å². The summed E-state index contributed by atoms with van der Waals surface area (Å²) in [4.78, 5) is 0.421. The van der Waals surface area contributed by atoms with Crippen molar-refractivity contribution >= 4 is 22.2 Å². The molecule has 0 bridgehead atoms. The van der Waals surface area contributed by atoms with Crippen LogP contribution in [0.15, 0.2) is 29.2 Å². The second-order valence-electron chi connectivity index (χ2n) is 3.61. The molecule has 0 aromatic heterocycles. The molecule has 0 saturated heterocycles. The lowest BCUT2D eigenvalue weighted by molar-refractivity contribution is 0.594. The molecule has 0 spiro atoms. The van der Waals surface area contributed by atoms with E-state index in [9.17, 15) is 8.42 Å². The first-order valence-electron chi connectivity index (χ1n) is 4.68. The SMILES string of the molecule is Cl.NC1CCCS(=O)(=O)c2ccccc21. The van der Waals surface area contributed by atoms with Crippen LogP contribution in [0, 0.1) is 0 Å². The van der Waals surface area contributed by atoms with Gasteiger partial charge in [0, 0.05) is 6.04 Å². The molecular weight excluding hydrogens is 234 g/mol. The first-order valence-corrected chi connectivity index (χ1v) is 6.34. The van der Waals surface area contributed by atoms with Crippen LogP contribution in [0.1, 0.15) is 24.4 Å². The molecule has 0 saturated carbocycles. The van der Waals surface area contributed by atoms with Gasteiger partial charge in [-0.2, -0.15) is 0 Å². The molecular formula is C10H14ClNO2S. The van der Waals surface area contributed by atoms with E-state index >= 15 is 0 Å². The highest BCUT2D eigenvalue weighted by atomic mass is 35.5. The van der Waals surface area contributed by atoms with Gasteiger partial charge in [-0.3, -0.25) is 0 Å². The molecule has 15 heavy (non-hydrogen) atoms.